The van der Waals surface area contributed by atoms with Crippen LogP contribution in [0.2, 0.25) is 5.02 Å². The molecule has 4 heterocycles. The molecule has 1 unspecified atom stereocenters. The number of benzene rings is 1. The summed E-state index contributed by atoms with van der Waals surface area (Å²) < 4.78 is 5.66. The van der Waals surface area contributed by atoms with Crippen LogP contribution in [0, 0.1) is 0 Å². The average Bonchev–Trinajstić information content (AvgIpc) is 3.42. The zero-order valence-corrected chi connectivity index (χ0v) is 25.8. The van der Waals surface area contributed by atoms with Gasteiger partial charge in [0.25, 0.3) is 17.0 Å². The van der Waals surface area contributed by atoms with Gasteiger partial charge in [-0.2, -0.15) is 0 Å². The van der Waals surface area contributed by atoms with Crippen LogP contribution in [-0.2, 0) is 19.2 Å². The van der Waals surface area contributed by atoms with Crippen LogP contribution in [0.5, 0.6) is 0 Å². The SMILES string of the molecule is CO/N=C(\C(=O)NC1C(=O)N2C(C(=O)[O-])=C(CSc3nnc(-c4ccc(Cl)cc4)o3)CS[C@H]12)c1nccc(N)n1.[Na+]. The van der Waals surface area contributed by atoms with Crippen molar-refractivity contribution in [1.82, 2.24) is 30.4 Å². The first-order chi connectivity index (χ1) is 19.3. The third kappa shape index (κ3) is 6.52. The molecule has 14 nitrogen and oxygen atoms in total. The van der Waals surface area contributed by atoms with Crippen molar-refractivity contribution >= 4 is 64.4 Å². The van der Waals surface area contributed by atoms with E-state index < -0.39 is 29.2 Å². The number of hydrogen-bond acceptors (Lipinski definition) is 14. The Morgan fingerprint density at radius 1 is 1.32 bits per heavy atom. The van der Waals surface area contributed by atoms with Crippen molar-refractivity contribution < 1.29 is 58.3 Å². The van der Waals surface area contributed by atoms with Crippen LogP contribution in [0.4, 0.5) is 5.82 Å². The number of β-lactam (4-membered cyclic amide) rings is 1. The molecule has 2 aliphatic heterocycles. The number of aliphatic carboxylic acids is 1. The van der Waals surface area contributed by atoms with Gasteiger partial charge in [-0.3, -0.25) is 14.5 Å². The van der Waals surface area contributed by atoms with Gasteiger partial charge in [-0.05, 0) is 35.9 Å². The number of fused-ring (bicyclic) bond motifs is 1. The third-order valence-corrected chi connectivity index (χ3v) is 8.18. The Labute approximate surface area is 267 Å². The zero-order chi connectivity index (χ0) is 28.4. The Morgan fingerprint density at radius 2 is 2.07 bits per heavy atom. The Morgan fingerprint density at radius 3 is 2.76 bits per heavy atom. The van der Waals surface area contributed by atoms with Gasteiger partial charge >= 0.3 is 29.6 Å². The Bertz CT molecular complexity index is 1550. The van der Waals surface area contributed by atoms with Gasteiger partial charge in [0.05, 0.1) is 11.7 Å². The van der Waals surface area contributed by atoms with Crippen molar-refractivity contribution in [2.75, 3.05) is 24.3 Å². The number of anilines is 1. The second-order valence-corrected chi connectivity index (χ2v) is 10.7. The maximum absolute atomic E-state index is 13.0. The zero-order valence-electron chi connectivity index (χ0n) is 21.4. The first kappa shape index (κ1) is 30.8. The molecular weight excluding hydrogens is 607 g/mol. The van der Waals surface area contributed by atoms with Crippen molar-refractivity contribution in [2.45, 2.75) is 16.6 Å². The van der Waals surface area contributed by atoms with Gasteiger partial charge < -0.3 is 30.2 Å². The molecule has 2 aromatic heterocycles. The third-order valence-electron chi connectivity index (χ3n) is 5.68. The number of thioether (sulfide) groups is 2. The predicted octanol–water partition coefficient (Wildman–Crippen LogP) is -2.69. The van der Waals surface area contributed by atoms with Crippen LogP contribution in [0.1, 0.15) is 5.82 Å². The number of aromatic nitrogens is 4. The largest absolute Gasteiger partial charge is 1.00 e. The van der Waals surface area contributed by atoms with Crippen molar-refractivity contribution in [2.24, 2.45) is 5.16 Å². The number of halogens is 1. The molecule has 1 fully saturated rings. The standard InChI is InChI=1S/C23H19ClN8O6S2.Na/c1-37-31-14(17-26-7-6-13(25)27-17)18(33)28-15-20(34)32-16(22(35)36)11(8-39-21(15)32)9-40-23-30-29-19(38-23)10-2-4-12(24)5-3-10;/h2-7,15,21H,8-9H2,1H3,(H,28,33)(H,35,36)(H2,25,26,27);/q;+1/p-1/b31-14-;/t15?,21-;/m1./s1. The quantitative estimate of drug-likeness (QED) is 0.0820. The van der Waals surface area contributed by atoms with E-state index in [0.29, 0.717) is 16.2 Å². The number of carboxylic acid groups (broad SMARTS) is 1. The second-order valence-electron chi connectivity index (χ2n) is 8.20. The molecule has 1 saturated heterocycles. The number of nitrogens with zero attached hydrogens (tertiary/aromatic N) is 6. The van der Waals surface area contributed by atoms with E-state index in [1.54, 1.807) is 24.3 Å². The van der Waals surface area contributed by atoms with Crippen molar-refractivity contribution in [3.63, 3.8) is 0 Å². The van der Waals surface area contributed by atoms with Crippen molar-refractivity contribution in [3.8, 4) is 11.5 Å². The molecule has 1 aromatic carbocycles. The molecule has 3 aromatic rings. The molecule has 2 atom stereocenters. The molecule has 5 rings (SSSR count). The van der Waals surface area contributed by atoms with Gasteiger partial charge in [-0.15, -0.1) is 22.0 Å². The normalized spacial score (nSPS) is 18.2. The number of nitrogens with one attached hydrogen (secondary N) is 1. The number of rotatable bonds is 9. The summed E-state index contributed by atoms with van der Waals surface area (Å²) in [5.74, 6) is -2.24. The fraction of sp³-hybridized carbons (Fsp3) is 0.217. The molecular formula is C23H18ClN8NaO6S2. The van der Waals surface area contributed by atoms with E-state index in [4.69, 9.17) is 26.6 Å². The summed E-state index contributed by atoms with van der Waals surface area (Å²) in [7, 11) is 1.23. The van der Waals surface area contributed by atoms with E-state index >= 15 is 0 Å². The number of carbonyl (C=O) groups excluding carboxylic acids is 3. The second kappa shape index (κ2) is 13.2. The van der Waals surface area contributed by atoms with Crippen molar-refractivity contribution in [3.05, 3.63) is 58.6 Å². The van der Waals surface area contributed by atoms with E-state index in [1.165, 1.54) is 31.1 Å². The number of nitrogens with two attached hydrogens (primary N) is 1. The number of carbonyl (C=O) groups is 3. The molecule has 2 aliphatic rings. The summed E-state index contributed by atoms with van der Waals surface area (Å²) in [6, 6.07) is 7.25. The fourth-order valence-electron chi connectivity index (χ4n) is 3.88. The molecule has 0 radical (unpaired) electrons. The number of nitrogen functional groups attached to an aromatic ring is 1. The topological polar surface area (TPSA) is 202 Å². The van der Waals surface area contributed by atoms with Crippen LogP contribution in [0.15, 0.2) is 62.6 Å². The molecule has 0 spiro atoms. The minimum absolute atomic E-state index is 0. The maximum atomic E-state index is 13.0. The summed E-state index contributed by atoms with van der Waals surface area (Å²) >= 11 is 8.32. The van der Waals surface area contributed by atoms with Gasteiger partial charge in [0.1, 0.15) is 24.3 Å². The van der Waals surface area contributed by atoms with Gasteiger partial charge in [-0.25, -0.2) is 9.97 Å². The summed E-state index contributed by atoms with van der Waals surface area (Å²) in [5, 5.41) is 26.4. The van der Waals surface area contributed by atoms with E-state index in [1.807, 2.05) is 0 Å². The minimum atomic E-state index is -1.51. The number of hydrogen-bond donors (Lipinski definition) is 2. The average molecular weight is 625 g/mol. The number of carboxylic acids is 1. The van der Waals surface area contributed by atoms with Gasteiger partial charge in [-0.1, -0.05) is 28.5 Å². The molecule has 3 N–H and O–H groups in total. The van der Waals surface area contributed by atoms with Crippen LogP contribution < -0.4 is 45.7 Å². The molecule has 2 amide bonds. The van der Waals surface area contributed by atoms with E-state index in [-0.39, 0.29) is 75.2 Å². The predicted molar refractivity (Wildman–Crippen MR) is 143 cm³/mol. The van der Waals surface area contributed by atoms with Crippen LogP contribution in [0.25, 0.3) is 11.5 Å². The van der Waals surface area contributed by atoms with E-state index in [9.17, 15) is 19.5 Å². The molecule has 18 heteroatoms. The first-order valence-electron chi connectivity index (χ1n) is 11.4. The Kier molecular flexibility index (Phi) is 9.93. The molecule has 0 aliphatic carbocycles. The van der Waals surface area contributed by atoms with Crippen LogP contribution >= 0.6 is 35.1 Å². The minimum Gasteiger partial charge on any atom is -0.543 e. The maximum Gasteiger partial charge on any atom is 1.00 e. The number of amides is 2. The van der Waals surface area contributed by atoms with Crippen molar-refractivity contribution in [1.29, 1.82) is 0 Å². The van der Waals surface area contributed by atoms with Gasteiger partial charge in [0.15, 0.2) is 5.82 Å². The first-order valence-corrected chi connectivity index (χ1v) is 13.8. The van der Waals surface area contributed by atoms with Gasteiger partial charge in [0, 0.05) is 28.3 Å². The van der Waals surface area contributed by atoms with E-state index in [2.05, 4.69) is 30.6 Å². The molecule has 0 bridgehead atoms. The van der Waals surface area contributed by atoms with Crippen LogP contribution in [0.3, 0.4) is 0 Å². The monoisotopic (exact) mass is 624 g/mol. The van der Waals surface area contributed by atoms with E-state index in [0.717, 1.165) is 16.7 Å². The Hall–Kier alpha value is -3.15. The summed E-state index contributed by atoms with van der Waals surface area (Å²) in [5.41, 5.74) is 6.22. The molecule has 0 saturated carbocycles. The summed E-state index contributed by atoms with van der Waals surface area (Å²) in [6.45, 7) is 0. The van der Waals surface area contributed by atoms with Gasteiger partial charge in [0.2, 0.25) is 11.6 Å². The molecule has 41 heavy (non-hydrogen) atoms. The number of oxime groups is 1. The Balaban J connectivity index is 0.00000387. The summed E-state index contributed by atoms with van der Waals surface area (Å²) in [4.78, 5) is 51.8. The molecule has 206 valence electrons. The fourth-order valence-corrected chi connectivity index (χ4v) is 6.25. The van der Waals surface area contributed by atoms with Crippen LogP contribution in [-0.4, -0.2) is 78.6 Å². The summed E-state index contributed by atoms with van der Waals surface area (Å²) in [6.07, 6.45) is 1.34. The smallest absolute Gasteiger partial charge is 0.543 e.